The number of aromatic nitrogens is 3. The maximum atomic E-state index is 4.62. The number of rotatable bonds is 2. The van der Waals surface area contributed by atoms with Gasteiger partial charge < -0.3 is 0 Å². The van der Waals surface area contributed by atoms with Gasteiger partial charge in [0.25, 0.3) is 0 Å². The van der Waals surface area contributed by atoms with E-state index in [2.05, 4.69) is 60.6 Å². The molecule has 0 aliphatic carbocycles. The van der Waals surface area contributed by atoms with Gasteiger partial charge in [0.1, 0.15) is 11.6 Å². The lowest BCUT2D eigenvalue weighted by Crippen LogP contribution is -2.22. The van der Waals surface area contributed by atoms with Gasteiger partial charge >= 0.3 is 0 Å². The molecule has 0 saturated carbocycles. The summed E-state index contributed by atoms with van der Waals surface area (Å²) in [6.45, 7) is 10.6. The second kappa shape index (κ2) is 5.19. The van der Waals surface area contributed by atoms with Crippen LogP contribution in [-0.4, -0.2) is 20.7 Å². The minimum atomic E-state index is -0.0711. The molecule has 4 heteroatoms. The molecule has 0 fully saturated rings. The highest BCUT2D eigenvalue weighted by molar-refractivity contribution is 5.98. The third-order valence-electron chi connectivity index (χ3n) is 3.09. The maximum absolute atomic E-state index is 4.62. The van der Waals surface area contributed by atoms with E-state index < -0.39 is 0 Å². The minimum absolute atomic E-state index is 0.0711. The van der Waals surface area contributed by atoms with Crippen molar-refractivity contribution in [2.75, 3.05) is 0 Å². The lowest BCUT2D eigenvalue weighted by atomic mass is 9.95. The smallest absolute Gasteiger partial charge is 0.177 e. The Bertz CT molecular complexity index is 523. The van der Waals surface area contributed by atoms with Gasteiger partial charge in [-0.15, -0.1) is 0 Å². The summed E-state index contributed by atoms with van der Waals surface area (Å²) >= 11 is 0. The molecule has 1 aromatic heterocycles. The van der Waals surface area contributed by atoms with E-state index in [0.29, 0.717) is 5.92 Å². The van der Waals surface area contributed by atoms with Crippen molar-refractivity contribution in [3.8, 4) is 0 Å². The van der Waals surface area contributed by atoms with Crippen molar-refractivity contribution in [2.45, 2.75) is 52.9 Å². The monoisotopic (exact) mass is 258 g/mol. The predicted molar refractivity (Wildman–Crippen MR) is 77.4 cm³/mol. The number of aryl methyl sites for hydroxylation is 1. The van der Waals surface area contributed by atoms with Crippen LogP contribution in [-0.2, 0) is 11.8 Å². The van der Waals surface area contributed by atoms with E-state index in [1.54, 1.807) is 0 Å². The average Bonchev–Trinajstić information content (AvgIpc) is 2.37. The molecule has 1 aliphatic heterocycles. The molecule has 2 rings (SSSR count). The second-order valence-electron chi connectivity index (χ2n) is 6.10. The van der Waals surface area contributed by atoms with Crippen molar-refractivity contribution >= 4 is 5.71 Å². The lowest BCUT2D eigenvalue weighted by Gasteiger charge is -2.19. The van der Waals surface area contributed by atoms with E-state index in [0.717, 1.165) is 36.0 Å². The van der Waals surface area contributed by atoms with Crippen molar-refractivity contribution in [3.63, 3.8) is 0 Å². The van der Waals surface area contributed by atoms with Gasteiger partial charge in [-0.1, -0.05) is 40.7 Å². The summed E-state index contributed by atoms with van der Waals surface area (Å²) < 4.78 is 0. The summed E-state index contributed by atoms with van der Waals surface area (Å²) in [6.07, 6.45) is 5.68. The lowest BCUT2D eigenvalue weighted by molar-refractivity contribution is 0.534. The molecule has 1 aromatic rings. The summed E-state index contributed by atoms with van der Waals surface area (Å²) in [7, 11) is 0. The Hall–Kier alpha value is -1.58. The minimum Gasteiger partial charge on any atom is -0.258 e. The predicted octanol–water partition coefficient (Wildman–Crippen LogP) is 3.07. The average molecular weight is 258 g/mol. The molecule has 4 nitrogen and oxygen atoms in total. The molecule has 0 amide bonds. The van der Waals surface area contributed by atoms with Crippen LogP contribution in [0, 0.1) is 5.92 Å². The Morgan fingerprint density at radius 1 is 1.21 bits per heavy atom. The maximum Gasteiger partial charge on any atom is 0.177 e. The van der Waals surface area contributed by atoms with Gasteiger partial charge in [-0.05, 0) is 12.3 Å². The van der Waals surface area contributed by atoms with Gasteiger partial charge in [-0.2, -0.15) is 0 Å². The zero-order chi connectivity index (χ0) is 14.0. The summed E-state index contributed by atoms with van der Waals surface area (Å²) in [5.41, 5.74) is 0.899. The molecule has 19 heavy (non-hydrogen) atoms. The Kier molecular flexibility index (Phi) is 3.78. The topological polar surface area (TPSA) is 51.0 Å². The molecule has 0 aromatic carbocycles. The molecule has 0 saturated heterocycles. The van der Waals surface area contributed by atoms with Crippen molar-refractivity contribution in [3.05, 3.63) is 29.7 Å². The van der Waals surface area contributed by atoms with E-state index in [1.807, 2.05) is 6.20 Å². The highest BCUT2D eigenvalue weighted by atomic mass is 15.1. The first-order valence-corrected chi connectivity index (χ1v) is 6.89. The van der Waals surface area contributed by atoms with E-state index in [-0.39, 0.29) is 5.41 Å². The summed E-state index contributed by atoms with van der Waals surface area (Å²) in [6, 6.07) is 0. The van der Waals surface area contributed by atoms with Crippen LogP contribution in [0.2, 0.25) is 0 Å². The normalized spacial score (nSPS) is 19.4. The first-order valence-electron chi connectivity index (χ1n) is 6.89. The van der Waals surface area contributed by atoms with Crippen LogP contribution in [0.15, 0.2) is 17.3 Å². The Balaban J connectivity index is 2.46. The van der Waals surface area contributed by atoms with E-state index in [4.69, 9.17) is 0 Å². The number of allylic oxidation sites excluding steroid dienone is 1. The molecule has 0 spiro atoms. The zero-order valence-electron chi connectivity index (χ0n) is 12.4. The Morgan fingerprint density at radius 3 is 2.53 bits per heavy atom. The number of aliphatic imine (C=N–C) groups is 1. The number of hydrogen-bond acceptors (Lipinski definition) is 4. The number of hydrogen-bond donors (Lipinski definition) is 0. The largest absolute Gasteiger partial charge is 0.258 e. The molecular weight excluding hydrogens is 236 g/mol. The third kappa shape index (κ3) is 3.25. The molecule has 0 radical (unpaired) electrons. The van der Waals surface area contributed by atoms with Crippen LogP contribution in [0.3, 0.4) is 0 Å². The quantitative estimate of drug-likeness (QED) is 0.819. The second-order valence-corrected chi connectivity index (χ2v) is 6.10. The van der Waals surface area contributed by atoms with Gasteiger partial charge in [0.05, 0.1) is 5.71 Å². The van der Waals surface area contributed by atoms with Gasteiger partial charge in [-0.25, -0.2) is 15.0 Å². The van der Waals surface area contributed by atoms with Crippen molar-refractivity contribution in [1.82, 2.24) is 15.0 Å². The molecule has 0 N–H and O–H groups in total. The third-order valence-corrected chi connectivity index (χ3v) is 3.09. The zero-order valence-corrected chi connectivity index (χ0v) is 12.4. The van der Waals surface area contributed by atoms with Crippen LogP contribution < -0.4 is 0 Å². The van der Waals surface area contributed by atoms with Crippen LogP contribution >= 0.6 is 0 Å². The number of nitrogens with zero attached hydrogens (tertiary/aromatic N) is 4. The highest BCUT2D eigenvalue weighted by Gasteiger charge is 2.22. The molecule has 0 bridgehead atoms. The fraction of sp³-hybridized carbons (Fsp3) is 0.600. The van der Waals surface area contributed by atoms with Gasteiger partial charge in [0.15, 0.2) is 5.82 Å². The first kappa shape index (κ1) is 13.8. The van der Waals surface area contributed by atoms with Gasteiger partial charge in [0.2, 0.25) is 0 Å². The van der Waals surface area contributed by atoms with Gasteiger partial charge in [0, 0.05) is 18.0 Å². The van der Waals surface area contributed by atoms with E-state index in [1.165, 1.54) is 0 Å². The fourth-order valence-electron chi connectivity index (χ4n) is 1.90. The molecular formula is C15H22N4. The summed E-state index contributed by atoms with van der Waals surface area (Å²) in [4.78, 5) is 18.1. The Morgan fingerprint density at radius 2 is 1.95 bits per heavy atom. The van der Waals surface area contributed by atoms with Crippen LogP contribution in [0.25, 0.3) is 0 Å². The standard InChI is InChI=1S/C15H22N4/c1-6-12-17-13(11-9-10(2)7-8-16-11)19-14(18-12)15(3,4)5/h7-8,10H,6,9H2,1-5H3. The molecule has 1 aliphatic rings. The SMILES string of the molecule is CCc1nc(C2=NC=CC(C)C2)nc(C(C)(C)C)n1. The van der Waals surface area contributed by atoms with Crippen LogP contribution in [0.5, 0.6) is 0 Å². The first-order chi connectivity index (χ1) is 8.90. The van der Waals surface area contributed by atoms with Crippen LogP contribution in [0.1, 0.15) is 58.5 Å². The highest BCUT2D eigenvalue weighted by Crippen LogP contribution is 2.20. The molecule has 102 valence electrons. The van der Waals surface area contributed by atoms with Crippen molar-refractivity contribution in [2.24, 2.45) is 10.9 Å². The fourth-order valence-corrected chi connectivity index (χ4v) is 1.90. The Labute approximate surface area is 115 Å². The summed E-state index contributed by atoms with van der Waals surface area (Å²) in [5.74, 6) is 2.93. The van der Waals surface area contributed by atoms with Crippen molar-refractivity contribution in [1.29, 1.82) is 0 Å². The molecule has 2 heterocycles. The van der Waals surface area contributed by atoms with Crippen molar-refractivity contribution < 1.29 is 0 Å². The molecule has 1 unspecified atom stereocenters. The molecule has 1 atom stereocenters. The van der Waals surface area contributed by atoms with Gasteiger partial charge in [-0.3, -0.25) is 4.99 Å². The van der Waals surface area contributed by atoms with E-state index in [9.17, 15) is 0 Å². The van der Waals surface area contributed by atoms with Crippen LogP contribution in [0.4, 0.5) is 0 Å². The van der Waals surface area contributed by atoms with E-state index >= 15 is 0 Å². The summed E-state index contributed by atoms with van der Waals surface area (Å²) in [5, 5.41) is 0.